The number of nitrogens with zero attached hydrogens (tertiary/aromatic N) is 4. The maximum absolute atomic E-state index is 13.8. The molecule has 2 fully saturated rings. The number of anilines is 2. The number of thiazole rings is 1. The fourth-order valence-corrected chi connectivity index (χ4v) is 6.14. The first-order chi connectivity index (χ1) is 17.7. The van der Waals surface area contributed by atoms with Gasteiger partial charge >= 0.3 is 0 Å². The van der Waals surface area contributed by atoms with Gasteiger partial charge in [0.05, 0.1) is 34.0 Å². The van der Waals surface area contributed by atoms with Gasteiger partial charge in [0.15, 0.2) is 15.0 Å². The van der Waals surface area contributed by atoms with Crippen LogP contribution in [-0.4, -0.2) is 81.7 Å². The highest BCUT2D eigenvalue weighted by Crippen LogP contribution is 2.32. The summed E-state index contributed by atoms with van der Waals surface area (Å²) in [5.41, 5.74) is 1.29. The van der Waals surface area contributed by atoms with Crippen molar-refractivity contribution >= 4 is 72.3 Å². The highest BCUT2D eigenvalue weighted by Gasteiger charge is 2.31. The molecule has 3 amide bonds. The number of benzene rings is 2. The Morgan fingerprint density at radius 1 is 1.08 bits per heavy atom. The minimum atomic E-state index is -3.39. The molecule has 2 aromatic carbocycles. The number of sulfone groups is 1. The molecule has 2 saturated heterocycles. The van der Waals surface area contributed by atoms with Crippen LogP contribution in [0.15, 0.2) is 47.4 Å². The molecule has 0 N–H and O–H groups in total. The Bertz CT molecular complexity index is 1470. The van der Waals surface area contributed by atoms with Gasteiger partial charge in [-0.15, -0.1) is 12.4 Å². The summed E-state index contributed by atoms with van der Waals surface area (Å²) in [5, 5.41) is 0.442. The van der Waals surface area contributed by atoms with E-state index in [2.05, 4.69) is 9.88 Å². The number of imide groups is 1. The molecule has 2 aliphatic heterocycles. The summed E-state index contributed by atoms with van der Waals surface area (Å²) in [6, 6.07) is 11.2. The molecule has 3 heterocycles. The van der Waals surface area contributed by atoms with Crippen molar-refractivity contribution in [2.45, 2.75) is 17.7 Å². The third-order valence-corrected chi connectivity index (χ3v) is 8.55. The highest BCUT2D eigenvalue weighted by molar-refractivity contribution is 7.90. The number of halogens is 1. The number of carbonyl (C=O) groups excluding carboxylic acids is 3. The second-order valence-electron chi connectivity index (χ2n) is 8.98. The van der Waals surface area contributed by atoms with Crippen molar-refractivity contribution in [1.29, 1.82) is 0 Å². The van der Waals surface area contributed by atoms with Gasteiger partial charge in [-0.05, 0) is 36.4 Å². The molecule has 0 bridgehead atoms. The summed E-state index contributed by atoms with van der Waals surface area (Å²) in [4.78, 5) is 48.0. The standard InChI is InChI=1S/C25H26N4O6S2.ClH/c1-37(33,34)19-5-6-20-21(16-19)36-25(26-20)28(10-9-27-11-13-35-14-12-27)24(32)17-3-2-4-18(15-17)29-22(30)7-8-23(29)31;/h2-6,15-16H,7-14H2,1H3;1H. The average molecular weight is 579 g/mol. The number of rotatable bonds is 7. The zero-order chi connectivity index (χ0) is 26.2. The molecule has 1 aromatic heterocycles. The molecule has 3 aromatic rings. The normalized spacial score (nSPS) is 16.6. The van der Waals surface area contributed by atoms with E-state index in [1.54, 1.807) is 41.3 Å². The zero-order valence-electron chi connectivity index (χ0n) is 20.7. The van der Waals surface area contributed by atoms with Gasteiger partial charge in [0, 0.05) is 50.8 Å². The minimum Gasteiger partial charge on any atom is -0.379 e. The Hall–Kier alpha value is -2.90. The largest absolute Gasteiger partial charge is 0.379 e. The lowest BCUT2D eigenvalue weighted by Crippen LogP contribution is -2.43. The van der Waals surface area contributed by atoms with E-state index in [-0.39, 0.29) is 47.9 Å². The van der Waals surface area contributed by atoms with Gasteiger partial charge in [-0.2, -0.15) is 0 Å². The maximum Gasteiger partial charge on any atom is 0.260 e. The molecule has 2 aliphatic rings. The van der Waals surface area contributed by atoms with Crippen molar-refractivity contribution in [3.63, 3.8) is 0 Å². The van der Waals surface area contributed by atoms with Crippen LogP contribution in [-0.2, 0) is 24.2 Å². The van der Waals surface area contributed by atoms with Crippen molar-refractivity contribution < 1.29 is 27.5 Å². The Morgan fingerprint density at radius 3 is 2.47 bits per heavy atom. The van der Waals surface area contributed by atoms with Gasteiger partial charge in [-0.25, -0.2) is 13.4 Å². The molecule has 5 rings (SSSR count). The summed E-state index contributed by atoms with van der Waals surface area (Å²) in [6.45, 7) is 3.72. The van der Waals surface area contributed by atoms with Gasteiger partial charge < -0.3 is 4.74 Å². The second-order valence-corrected chi connectivity index (χ2v) is 12.0. The lowest BCUT2D eigenvalue weighted by atomic mass is 10.1. The Labute approximate surface area is 230 Å². The highest BCUT2D eigenvalue weighted by atomic mass is 35.5. The predicted octanol–water partition coefficient (Wildman–Crippen LogP) is 2.75. The van der Waals surface area contributed by atoms with E-state index >= 15 is 0 Å². The third-order valence-electron chi connectivity index (χ3n) is 6.40. The van der Waals surface area contributed by atoms with E-state index in [1.165, 1.54) is 17.4 Å². The first-order valence-electron chi connectivity index (χ1n) is 11.9. The summed E-state index contributed by atoms with van der Waals surface area (Å²) in [7, 11) is -3.39. The van der Waals surface area contributed by atoms with Gasteiger partial charge in [-0.3, -0.25) is 29.1 Å². The second kappa shape index (κ2) is 11.5. The molecule has 0 unspecified atom stereocenters. The number of morpholine rings is 1. The van der Waals surface area contributed by atoms with E-state index in [9.17, 15) is 22.8 Å². The predicted molar refractivity (Wildman–Crippen MR) is 147 cm³/mol. The Kier molecular flexibility index (Phi) is 8.48. The molecular formula is C25H27ClN4O6S2. The topological polar surface area (TPSA) is 117 Å². The number of fused-ring (bicyclic) bond motifs is 1. The fourth-order valence-electron chi connectivity index (χ4n) is 4.39. The van der Waals surface area contributed by atoms with E-state index in [0.717, 1.165) is 24.2 Å². The quantitative estimate of drug-likeness (QED) is 0.393. The Balaban J connectivity index is 0.00000336. The van der Waals surface area contributed by atoms with Gasteiger partial charge in [-0.1, -0.05) is 17.4 Å². The number of carbonyl (C=O) groups is 3. The maximum atomic E-state index is 13.8. The van der Waals surface area contributed by atoms with E-state index in [0.29, 0.717) is 52.9 Å². The van der Waals surface area contributed by atoms with Crippen LogP contribution in [0.4, 0.5) is 10.8 Å². The van der Waals surface area contributed by atoms with E-state index in [1.807, 2.05) is 0 Å². The molecule has 0 spiro atoms. The summed E-state index contributed by atoms with van der Waals surface area (Å²) in [5.74, 6) is -0.894. The molecule has 10 nitrogen and oxygen atoms in total. The average Bonchev–Trinajstić information content (AvgIpc) is 3.46. The molecular weight excluding hydrogens is 552 g/mol. The van der Waals surface area contributed by atoms with Crippen LogP contribution < -0.4 is 9.80 Å². The molecule has 0 radical (unpaired) electrons. The summed E-state index contributed by atoms with van der Waals surface area (Å²) >= 11 is 1.24. The first-order valence-corrected chi connectivity index (χ1v) is 14.6. The molecule has 202 valence electrons. The molecule has 0 atom stereocenters. The Morgan fingerprint density at radius 2 is 1.79 bits per heavy atom. The number of ether oxygens (including phenoxy) is 1. The molecule has 0 saturated carbocycles. The van der Waals surface area contributed by atoms with Gasteiger partial charge in [0.25, 0.3) is 5.91 Å². The van der Waals surface area contributed by atoms with Crippen molar-refractivity contribution in [1.82, 2.24) is 9.88 Å². The molecule has 13 heteroatoms. The van der Waals surface area contributed by atoms with E-state index < -0.39 is 9.84 Å². The monoisotopic (exact) mass is 578 g/mol. The molecule has 38 heavy (non-hydrogen) atoms. The van der Waals surface area contributed by atoms with Crippen LogP contribution >= 0.6 is 23.7 Å². The summed E-state index contributed by atoms with van der Waals surface area (Å²) < 4.78 is 30.1. The number of hydrogen-bond acceptors (Lipinski definition) is 9. The number of hydrogen-bond donors (Lipinski definition) is 0. The van der Waals surface area contributed by atoms with Crippen molar-refractivity contribution in [2.24, 2.45) is 0 Å². The van der Waals surface area contributed by atoms with Crippen LogP contribution in [0.1, 0.15) is 23.2 Å². The minimum absolute atomic E-state index is 0. The van der Waals surface area contributed by atoms with Crippen LogP contribution in [0.5, 0.6) is 0 Å². The number of amides is 3. The third kappa shape index (κ3) is 5.89. The van der Waals surface area contributed by atoms with E-state index in [4.69, 9.17) is 4.74 Å². The van der Waals surface area contributed by atoms with Gasteiger partial charge in [0.1, 0.15) is 0 Å². The van der Waals surface area contributed by atoms with Gasteiger partial charge in [0.2, 0.25) is 11.8 Å². The van der Waals surface area contributed by atoms with Crippen molar-refractivity contribution in [2.75, 3.05) is 55.4 Å². The van der Waals surface area contributed by atoms with Crippen LogP contribution in [0.2, 0.25) is 0 Å². The fraction of sp³-hybridized carbons (Fsp3) is 0.360. The zero-order valence-corrected chi connectivity index (χ0v) is 23.1. The van der Waals surface area contributed by atoms with Crippen molar-refractivity contribution in [3.8, 4) is 0 Å². The smallest absolute Gasteiger partial charge is 0.260 e. The van der Waals surface area contributed by atoms with Crippen molar-refractivity contribution in [3.05, 3.63) is 48.0 Å². The van der Waals surface area contributed by atoms with Crippen LogP contribution in [0.3, 0.4) is 0 Å². The van der Waals surface area contributed by atoms with Crippen LogP contribution in [0.25, 0.3) is 10.2 Å². The molecule has 0 aliphatic carbocycles. The first kappa shape index (κ1) is 28.1. The summed E-state index contributed by atoms with van der Waals surface area (Å²) in [6.07, 6.45) is 1.46. The lowest BCUT2D eigenvalue weighted by molar-refractivity contribution is -0.121. The lowest BCUT2D eigenvalue weighted by Gasteiger charge is -2.29. The number of aromatic nitrogens is 1. The SMILES string of the molecule is CS(=O)(=O)c1ccc2nc(N(CCN3CCOCC3)C(=O)c3cccc(N4C(=O)CCC4=O)c3)sc2c1.Cl. The van der Waals surface area contributed by atoms with Crippen LogP contribution in [0, 0.1) is 0 Å².